The zero-order valence-electron chi connectivity index (χ0n) is 12.0. The van der Waals surface area contributed by atoms with Crippen LogP contribution in [0.5, 0.6) is 0 Å². The first-order valence-corrected chi connectivity index (χ1v) is 6.76. The highest BCUT2D eigenvalue weighted by Crippen LogP contribution is 2.24. The Morgan fingerprint density at radius 2 is 1.89 bits per heavy atom. The number of hydrogen-bond donors (Lipinski definition) is 0. The second-order valence-corrected chi connectivity index (χ2v) is 4.31. The Labute approximate surface area is 115 Å². The highest BCUT2D eigenvalue weighted by Gasteiger charge is 2.16. The molecule has 0 bridgehead atoms. The Balaban J connectivity index is 2.81. The summed E-state index contributed by atoms with van der Waals surface area (Å²) >= 11 is 0. The Morgan fingerprint density at radius 1 is 1.26 bits per heavy atom. The number of benzene rings is 1. The average molecular weight is 261 g/mol. The zero-order valence-corrected chi connectivity index (χ0v) is 12.0. The van der Waals surface area contributed by atoms with Crippen LogP contribution in [0.25, 0.3) is 0 Å². The molecule has 1 atom stereocenters. The van der Waals surface area contributed by atoms with Gasteiger partial charge in [0.15, 0.2) is 0 Å². The largest absolute Gasteiger partial charge is 0.466 e. The molecule has 0 amide bonds. The Kier molecular flexibility index (Phi) is 6.90. The molecule has 3 nitrogen and oxygen atoms in total. The molecule has 0 N–H and O–H groups in total. The number of esters is 1. The molecule has 0 saturated heterocycles. The Hall–Kier alpha value is -1.61. The number of nitrogens with zero attached hydrogens (tertiary/aromatic N) is 1. The summed E-state index contributed by atoms with van der Waals surface area (Å²) in [4.78, 5) is 13.5. The van der Waals surface area contributed by atoms with Crippen LogP contribution in [0.2, 0.25) is 0 Å². The molecular formula is C16H23NO2. The first-order chi connectivity index (χ1) is 9.22. The summed E-state index contributed by atoms with van der Waals surface area (Å²) in [5.41, 5.74) is 1.28. The second kappa shape index (κ2) is 8.48. The Morgan fingerprint density at radius 3 is 2.42 bits per heavy atom. The lowest BCUT2D eigenvalue weighted by molar-refractivity contribution is -0.134. The van der Waals surface area contributed by atoms with E-state index in [4.69, 9.17) is 0 Å². The number of ether oxygens (including phenoxy) is 1. The third kappa shape index (κ3) is 4.87. The summed E-state index contributed by atoms with van der Waals surface area (Å²) in [5.74, 6) is -0.300. The van der Waals surface area contributed by atoms with Gasteiger partial charge in [0.25, 0.3) is 0 Å². The fourth-order valence-corrected chi connectivity index (χ4v) is 2.20. The number of rotatable bonds is 7. The van der Waals surface area contributed by atoms with Gasteiger partial charge in [0.2, 0.25) is 0 Å². The van der Waals surface area contributed by atoms with Gasteiger partial charge in [-0.05, 0) is 25.1 Å². The normalized spacial score (nSPS) is 12.8. The van der Waals surface area contributed by atoms with E-state index >= 15 is 0 Å². The van der Waals surface area contributed by atoms with Crippen LogP contribution < -0.4 is 0 Å². The molecule has 0 saturated carbocycles. The van der Waals surface area contributed by atoms with Crippen molar-refractivity contribution in [2.45, 2.75) is 26.3 Å². The summed E-state index contributed by atoms with van der Waals surface area (Å²) in [5, 5.41) is 0. The van der Waals surface area contributed by atoms with Crippen molar-refractivity contribution < 1.29 is 9.53 Å². The predicted octanol–water partition coefficient (Wildman–Crippen LogP) is 3.19. The van der Waals surface area contributed by atoms with Crippen LogP contribution in [-0.4, -0.2) is 31.1 Å². The zero-order chi connectivity index (χ0) is 14.1. The third-order valence-electron chi connectivity index (χ3n) is 3.25. The highest BCUT2D eigenvalue weighted by molar-refractivity contribution is 5.81. The summed E-state index contributed by atoms with van der Waals surface area (Å²) in [6.45, 7) is 6.29. The molecule has 0 heterocycles. The van der Waals surface area contributed by atoms with Crippen LogP contribution in [-0.2, 0) is 9.53 Å². The van der Waals surface area contributed by atoms with Gasteiger partial charge in [-0.2, -0.15) is 0 Å². The summed E-state index contributed by atoms with van der Waals surface area (Å²) < 4.78 is 4.61. The van der Waals surface area contributed by atoms with E-state index in [0.29, 0.717) is 6.04 Å². The van der Waals surface area contributed by atoms with Crippen molar-refractivity contribution in [2.75, 3.05) is 20.2 Å². The fraction of sp³-hybridized carbons (Fsp3) is 0.438. The minimum absolute atomic E-state index is 0.300. The molecule has 0 aliphatic rings. The van der Waals surface area contributed by atoms with Gasteiger partial charge in [-0.15, -0.1) is 0 Å². The number of carbonyl (C=O) groups excluding carboxylic acids is 1. The van der Waals surface area contributed by atoms with Gasteiger partial charge in [0.1, 0.15) is 0 Å². The maximum absolute atomic E-state index is 11.1. The molecule has 0 aromatic heterocycles. The summed E-state index contributed by atoms with van der Waals surface area (Å²) in [6, 6.07) is 10.7. The predicted molar refractivity (Wildman–Crippen MR) is 77.9 cm³/mol. The van der Waals surface area contributed by atoms with Crippen molar-refractivity contribution in [1.29, 1.82) is 0 Å². The maximum Gasteiger partial charge on any atom is 0.330 e. The van der Waals surface area contributed by atoms with Crippen molar-refractivity contribution in [2.24, 2.45) is 0 Å². The monoisotopic (exact) mass is 261 g/mol. The van der Waals surface area contributed by atoms with Gasteiger partial charge in [-0.25, -0.2) is 4.79 Å². The van der Waals surface area contributed by atoms with E-state index in [1.54, 1.807) is 0 Å². The molecule has 0 aliphatic heterocycles. The highest BCUT2D eigenvalue weighted by atomic mass is 16.5. The van der Waals surface area contributed by atoms with E-state index < -0.39 is 0 Å². The second-order valence-electron chi connectivity index (χ2n) is 4.31. The van der Waals surface area contributed by atoms with Crippen LogP contribution in [0.4, 0.5) is 0 Å². The average Bonchev–Trinajstić information content (AvgIpc) is 2.47. The first kappa shape index (κ1) is 15.4. The van der Waals surface area contributed by atoms with Gasteiger partial charge in [-0.3, -0.25) is 4.90 Å². The number of methoxy groups -OCH3 is 1. The van der Waals surface area contributed by atoms with Crippen molar-refractivity contribution in [3.8, 4) is 0 Å². The maximum atomic E-state index is 11.1. The van der Waals surface area contributed by atoms with Gasteiger partial charge in [-0.1, -0.05) is 50.3 Å². The molecule has 104 valence electrons. The lowest BCUT2D eigenvalue weighted by Crippen LogP contribution is -2.28. The van der Waals surface area contributed by atoms with Gasteiger partial charge >= 0.3 is 5.97 Å². The molecular weight excluding hydrogens is 238 g/mol. The van der Waals surface area contributed by atoms with Gasteiger partial charge < -0.3 is 4.74 Å². The van der Waals surface area contributed by atoms with E-state index in [1.165, 1.54) is 18.7 Å². The molecule has 1 aromatic carbocycles. The lowest BCUT2D eigenvalue weighted by Gasteiger charge is -2.29. The molecule has 1 rings (SSSR count). The van der Waals surface area contributed by atoms with Crippen LogP contribution in [0.1, 0.15) is 31.9 Å². The van der Waals surface area contributed by atoms with E-state index in [1.807, 2.05) is 12.1 Å². The molecule has 1 aromatic rings. The quantitative estimate of drug-likeness (QED) is 0.557. The third-order valence-corrected chi connectivity index (χ3v) is 3.25. The molecule has 0 aliphatic carbocycles. The van der Waals surface area contributed by atoms with E-state index in [9.17, 15) is 4.79 Å². The van der Waals surface area contributed by atoms with Crippen LogP contribution >= 0.6 is 0 Å². The SMILES string of the molecule is CCN(CC)C(C/C=C/C(=O)OC)c1ccccc1. The van der Waals surface area contributed by atoms with Crippen molar-refractivity contribution in [1.82, 2.24) is 4.90 Å². The standard InChI is InChI=1S/C16H23NO2/c1-4-17(5-2)15(12-9-13-16(18)19-3)14-10-7-6-8-11-14/h6-11,13,15H,4-5,12H2,1-3H3/b13-9+. The minimum atomic E-state index is -0.300. The summed E-state index contributed by atoms with van der Waals surface area (Å²) in [6.07, 6.45) is 4.20. The van der Waals surface area contributed by atoms with Crippen molar-refractivity contribution in [3.63, 3.8) is 0 Å². The minimum Gasteiger partial charge on any atom is -0.466 e. The van der Waals surface area contributed by atoms with Crippen molar-refractivity contribution >= 4 is 5.97 Å². The van der Waals surface area contributed by atoms with Crippen LogP contribution in [0.15, 0.2) is 42.5 Å². The molecule has 0 radical (unpaired) electrons. The topological polar surface area (TPSA) is 29.5 Å². The lowest BCUT2D eigenvalue weighted by atomic mass is 10.0. The number of carbonyl (C=O) groups is 1. The molecule has 1 unspecified atom stereocenters. The van der Waals surface area contributed by atoms with E-state index in [2.05, 4.69) is 47.7 Å². The van der Waals surface area contributed by atoms with Crippen LogP contribution in [0, 0.1) is 0 Å². The van der Waals surface area contributed by atoms with Crippen molar-refractivity contribution in [3.05, 3.63) is 48.0 Å². The molecule has 0 spiro atoms. The fourth-order valence-electron chi connectivity index (χ4n) is 2.20. The van der Waals surface area contributed by atoms with Crippen LogP contribution in [0.3, 0.4) is 0 Å². The van der Waals surface area contributed by atoms with E-state index in [0.717, 1.165) is 19.5 Å². The first-order valence-electron chi connectivity index (χ1n) is 6.76. The molecule has 0 fully saturated rings. The van der Waals surface area contributed by atoms with Gasteiger partial charge in [0.05, 0.1) is 7.11 Å². The molecule has 3 heteroatoms. The van der Waals surface area contributed by atoms with Gasteiger partial charge in [0, 0.05) is 12.1 Å². The van der Waals surface area contributed by atoms with E-state index in [-0.39, 0.29) is 5.97 Å². The Bertz CT molecular complexity index is 396. The summed E-state index contributed by atoms with van der Waals surface area (Å²) in [7, 11) is 1.39. The number of hydrogen-bond acceptors (Lipinski definition) is 3. The molecule has 19 heavy (non-hydrogen) atoms. The smallest absolute Gasteiger partial charge is 0.330 e.